The highest BCUT2D eigenvalue weighted by molar-refractivity contribution is 5.81. The minimum Gasteiger partial charge on any atom is -0.493 e. The molecular weight excluding hydrogens is 256 g/mol. The van der Waals surface area contributed by atoms with Crippen molar-refractivity contribution in [1.29, 1.82) is 0 Å². The van der Waals surface area contributed by atoms with Gasteiger partial charge in [-0.25, -0.2) is 0 Å². The van der Waals surface area contributed by atoms with Crippen molar-refractivity contribution in [2.45, 2.75) is 44.7 Å². The van der Waals surface area contributed by atoms with Crippen LogP contribution in [0.2, 0.25) is 0 Å². The van der Waals surface area contributed by atoms with E-state index in [4.69, 9.17) is 4.74 Å². The SMILES string of the molecule is CNC(=O)C1CC(c2c(OC)cnn2C(C)C)CCN1. The van der Waals surface area contributed by atoms with Crippen LogP contribution in [0.3, 0.4) is 0 Å². The second-order valence-electron chi connectivity index (χ2n) is 5.48. The van der Waals surface area contributed by atoms with E-state index in [-0.39, 0.29) is 18.0 Å². The number of likely N-dealkylation sites (N-methyl/N-ethyl adjacent to an activating group) is 1. The highest BCUT2D eigenvalue weighted by Crippen LogP contribution is 2.35. The van der Waals surface area contributed by atoms with Crippen LogP contribution in [0.25, 0.3) is 0 Å². The molecule has 2 heterocycles. The molecule has 1 aliphatic rings. The smallest absolute Gasteiger partial charge is 0.236 e. The van der Waals surface area contributed by atoms with Crippen molar-refractivity contribution in [3.63, 3.8) is 0 Å². The Kier molecular flexibility index (Phi) is 4.65. The summed E-state index contributed by atoms with van der Waals surface area (Å²) in [6, 6.07) is 0.140. The molecule has 20 heavy (non-hydrogen) atoms. The minimum atomic E-state index is -0.140. The van der Waals surface area contributed by atoms with Crippen LogP contribution in [0, 0.1) is 0 Å². The zero-order valence-electron chi connectivity index (χ0n) is 12.6. The molecule has 6 heteroatoms. The van der Waals surface area contributed by atoms with Crippen LogP contribution < -0.4 is 15.4 Å². The molecular formula is C14H24N4O2. The topological polar surface area (TPSA) is 68.2 Å². The quantitative estimate of drug-likeness (QED) is 0.865. The molecule has 0 aromatic carbocycles. The molecule has 0 saturated carbocycles. The van der Waals surface area contributed by atoms with Crippen LogP contribution in [-0.4, -0.2) is 42.4 Å². The first-order valence-corrected chi connectivity index (χ1v) is 7.14. The molecule has 112 valence electrons. The lowest BCUT2D eigenvalue weighted by Crippen LogP contribution is -2.47. The summed E-state index contributed by atoms with van der Waals surface area (Å²) < 4.78 is 7.46. The third-order valence-corrected chi connectivity index (χ3v) is 3.86. The Bertz CT molecular complexity index is 470. The minimum absolute atomic E-state index is 0.0456. The Morgan fingerprint density at radius 2 is 2.35 bits per heavy atom. The van der Waals surface area contributed by atoms with E-state index in [9.17, 15) is 4.79 Å². The molecule has 1 fully saturated rings. The van der Waals surface area contributed by atoms with Crippen molar-refractivity contribution in [3.05, 3.63) is 11.9 Å². The molecule has 1 aliphatic heterocycles. The average molecular weight is 280 g/mol. The van der Waals surface area contributed by atoms with Gasteiger partial charge in [0.1, 0.15) is 0 Å². The number of ether oxygens (including phenoxy) is 1. The molecule has 0 radical (unpaired) electrons. The average Bonchev–Trinajstić information content (AvgIpc) is 2.90. The van der Waals surface area contributed by atoms with E-state index in [1.54, 1.807) is 20.4 Å². The zero-order valence-corrected chi connectivity index (χ0v) is 12.6. The highest BCUT2D eigenvalue weighted by atomic mass is 16.5. The number of carbonyl (C=O) groups excluding carboxylic acids is 1. The number of hydrogen-bond donors (Lipinski definition) is 2. The number of methoxy groups -OCH3 is 1. The summed E-state index contributed by atoms with van der Waals surface area (Å²) >= 11 is 0. The molecule has 1 aromatic rings. The Balaban J connectivity index is 2.26. The van der Waals surface area contributed by atoms with Crippen LogP contribution >= 0.6 is 0 Å². The molecule has 1 amide bonds. The maximum absolute atomic E-state index is 11.8. The van der Waals surface area contributed by atoms with Gasteiger partial charge in [-0.05, 0) is 33.2 Å². The van der Waals surface area contributed by atoms with E-state index >= 15 is 0 Å². The lowest BCUT2D eigenvalue weighted by molar-refractivity contribution is -0.123. The fourth-order valence-corrected chi connectivity index (χ4v) is 2.85. The van der Waals surface area contributed by atoms with Crippen molar-refractivity contribution in [2.75, 3.05) is 20.7 Å². The molecule has 2 rings (SSSR count). The van der Waals surface area contributed by atoms with Crippen LogP contribution in [0.1, 0.15) is 44.3 Å². The first-order valence-electron chi connectivity index (χ1n) is 7.14. The van der Waals surface area contributed by atoms with Crippen molar-refractivity contribution >= 4 is 5.91 Å². The van der Waals surface area contributed by atoms with Gasteiger partial charge < -0.3 is 15.4 Å². The number of nitrogens with zero attached hydrogens (tertiary/aromatic N) is 2. The number of aromatic nitrogens is 2. The largest absolute Gasteiger partial charge is 0.493 e. The summed E-state index contributed by atoms with van der Waals surface area (Å²) in [6.07, 6.45) is 3.53. The summed E-state index contributed by atoms with van der Waals surface area (Å²) in [7, 11) is 3.34. The van der Waals surface area contributed by atoms with Gasteiger partial charge >= 0.3 is 0 Å². The molecule has 0 aliphatic carbocycles. The number of carbonyl (C=O) groups is 1. The maximum Gasteiger partial charge on any atom is 0.236 e. The Hall–Kier alpha value is -1.56. The van der Waals surface area contributed by atoms with Crippen LogP contribution in [0.15, 0.2) is 6.20 Å². The summed E-state index contributed by atoms with van der Waals surface area (Å²) in [4.78, 5) is 11.8. The highest BCUT2D eigenvalue weighted by Gasteiger charge is 2.31. The second kappa shape index (κ2) is 6.26. The predicted molar refractivity (Wildman–Crippen MR) is 77.0 cm³/mol. The molecule has 2 N–H and O–H groups in total. The Labute approximate surface area is 119 Å². The fraction of sp³-hybridized carbons (Fsp3) is 0.714. The fourth-order valence-electron chi connectivity index (χ4n) is 2.85. The van der Waals surface area contributed by atoms with Crippen LogP contribution in [0.5, 0.6) is 5.75 Å². The van der Waals surface area contributed by atoms with Gasteiger partial charge in [0.25, 0.3) is 0 Å². The summed E-state index contributed by atoms with van der Waals surface area (Å²) in [5, 5.41) is 10.4. The summed E-state index contributed by atoms with van der Waals surface area (Å²) in [6.45, 7) is 5.04. The standard InChI is InChI=1S/C14H24N4O2/c1-9(2)18-13(12(20-4)8-17-18)10-5-6-16-11(7-10)14(19)15-3/h8-11,16H,5-7H2,1-4H3,(H,15,19). The number of rotatable bonds is 4. The van der Waals surface area contributed by atoms with Crippen molar-refractivity contribution in [2.24, 2.45) is 0 Å². The second-order valence-corrected chi connectivity index (χ2v) is 5.48. The van der Waals surface area contributed by atoms with E-state index in [1.807, 2.05) is 4.68 Å². The van der Waals surface area contributed by atoms with E-state index < -0.39 is 0 Å². The van der Waals surface area contributed by atoms with Gasteiger partial charge in [0.2, 0.25) is 5.91 Å². The summed E-state index contributed by atoms with van der Waals surface area (Å²) in [5.74, 6) is 1.16. The monoisotopic (exact) mass is 280 g/mol. The lowest BCUT2D eigenvalue weighted by Gasteiger charge is -2.30. The predicted octanol–water partition coefficient (Wildman–Crippen LogP) is 1.05. The van der Waals surface area contributed by atoms with Crippen LogP contribution in [-0.2, 0) is 4.79 Å². The van der Waals surface area contributed by atoms with E-state index in [0.717, 1.165) is 30.8 Å². The first-order chi connectivity index (χ1) is 9.58. The Morgan fingerprint density at radius 3 is 2.95 bits per heavy atom. The third-order valence-electron chi connectivity index (χ3n) is 3.86. The number of nitrogens with one attached hydrogen (secondary N) is 2. The van der Waals surface area contributed by atoms with Gasteiger partial charge in [-0.2, -0.15) is 5.10 Å². The number of piperidine rings is 1. The van der Waals surface area contributed by atoms with Gasteiger partial charge in [0.15, 0.2) is 5.75 Å². The molecule has 2 atom stereocenters. The molecule has 2 unspecified atom stereocenters. The van der Waals surface area contributed by atoms with E-state index in [1.165, 1.54) is 0 Å². The normalized spacial score (nSPS) is 22.9. The van der Waals surface area contributed by atoms with Crippen molar-refractivity contribution in [1.82, 2.24) is 20.4 Å². The van der Waals surface area contributed by atoms with E-state index in [2.05, 4.69) is 29.6 Å². The number of hydrogen-bond acceptors (Lipinski definition) is 4. The van der Waals surface area contributed by atoms with Gasteiger partial charge in [-0.15, -0.1) is 0 Å². The van der Waals surface area contributed by atoms with Crippen LogP contribution in [0.4, 0.5) is 0 Å². The van der Waals surface area contributed by atoms with E-state index in [0.29, 0.717) is 5.92 Å². The molecule has 0 spiro atoms. The van der Waals surface area contributed by atoms with Gasteiger partial charge in [0, 0.05) is 19.0 Å². The maximum atomic E-state index is 11.8. The van der Waals surface area contributed by atoms with Gasteiger partial charge in [-0.3, -0.25) is 9.48 Å². The number of amides is 1. The lowest BCUT2D eigenvalue weighted by atomic mass is 9.88. The molecule has 0 bridgehead atoms. The third kappa shape index (κ3) is 2.80. The molecule has 6 nitrogen and oxygen atoms in total. The van der Waals surface area contributed by atoms with Gasteiger partial charge in [0.05, 0.1) is 25.0 Å². The molecule has 1 saturated heterocycles. The van der Waals surface area contributed by atoms with Crippen molar-refractivity contribution in [3.8, 4) is 5.75 Å². The van der Waals surface area contributed by atoms with Gasteiger partial charge in [-0.1, -0.05) is 0 Å². The first kappa shape index (κ1) is 14.8. The van der Waals surface area contributed by atoms with Crippen molar-refractivity contribution < 1.29 is 9.53 Å². The summed E-state index contributed by atoms with van der Waals surface area (Å²) in [5.41, 5.74) is 1.11. The zero-order chi connectivity index (χ0) is 14.7. The Morgan fingerprint density at radius 1 is 1.60 bits per heavy atom. The molecule has 1 aromatic heterocycles.